The quantitative estimate of drug-likeness (QED) is 0.850. The lowest BCUT2D eigenvalue weighted by molar-refractivity contribution is 0.0372. The van der Waals surface area contributed by atoms with Crippen LogP contribution in [-0.4, -0.2) is 27.1 Å². The number of carbonyl (C=O) groups excluding carboxylic acids is 1. The lowest BCUT2D eigenvalue weighted by Gasteiger charge is -2.06. The molecular formula is C12H13FN4O2. The number of carbonyl (C=O) groups is 1. The molecule has 1 aromatic carbocycles. The van der Waals surface area contributed by atoms with Gasteiger partial charge in [-0.15, -0.1) is 5.10 Å². The van der Waals surface area contributed by atoms with Crippen molar-refractivity contribution < 1.29 is 13.9 Å². The molecule has 0 radical (unpaired) electrons. The molecule has 2 rings (SSSR count). The minimum Gasteiger partial charge on any atom is -0.458 e. The van der Waals surface area contributed by atoms with Gasteiger partial charge in [-0.2, -0.15) is 4.68 Å². The smallest absolute Gasteiger partial charge is 0.363 e. The van der Waals surface area contributed by atoms with Crippen LogP contribution in [0.4, 0.5) is 10.2 Å². The number of aromatic nitrogens is 3. The Morgan fingerprint density at radius 3 is 2.74 bits per heavy atom. The Morgan fingerprint density at radius 2 is 2.11 bits per heavy atom. The third-order valence-corrected chi connectivity index (χ3v) is 2.32. The number of halogens is 1. The number of ether oxygens (including phenoxy) is 1. The largest absolute Gasteiger partial charge is 0.458 e. The normalized spacial score (nSPS) is 10.7. The summed E-state index contributed by atoms with van der Waals surface area (Å²) in [5.74, 6) is -1.26. The van der Waals surface area contributed by atoms with Crippen LogP contribution >= 0.6 is 0 Å². The fraction of sp³-hybridized carbons (Fsp3) is 0.250. The van der Waals surface area contributed by atoms with E-state index in [1.807, 2.05) is 0 Å². The van der Waals surface area contributed by atoms with E-state index in [9.17, 15) is 9.18 Å². The molecule has 1 heterocycles. The first-order valence-electron chi connectivity index (χ1n) is 5.67. The summed E-state index contributed by atoms with van der Waals surface area (Å²) in [6.45, 7) is 3.41. The number of hydrogen-bond acceptors (Lipinski definition) is 5. The zero-order valence-corrected chi connectivity index (χ0v) is 10.5. The molecule has 1 aromatic heterocycles. The number of nitrogens with two attached hydrogens (primary N) is 1. The first kappa shape index (κ1) is 13.0. The van der Waals surface area contributed by atoms with Gasteiger partial charge in [0.1, 0.15) is 11.5 Å². The van der Waals surface area contributed by atoms with Crippen molar-refractivity contribution in [3.63, 3.8) is 0 Å². The maximum absolute atomic E-state index is 13.6. The summed E-state index contributed by atoms with van der Waals surface area (Å²) in [6, 6.07) is 5.92. The first-order chi connectivity index (χ1) is 9.00. The summed E-state index contributed by atoms with van der Waals surface area (Å²) in [5, 5.41) is 7.31. The number of nitrogen functional groups attached to an aromatic ring is 1. The highest BCUT2D eigenvalue weighted by atomic mass is 19.1. The predicted octanol–water partition coefficient (Wildman–Crippen LogP) is 1.55. The van der Waals surface area contributed by atoms with Crippen molar-refractivity contribution in [2.45, 2.75) is 20.0 Å². The average Bonchev–Trinajstić information content (AvgIpc) is 2.71. The van der Waals surface area contributed by atoms with Gasteiger partial charge in [0.2, 0.25) is 5.69 Å². The monoisotopic (exact) mass is 264 g/mol. The zero-order chi connectivity index (χ0) is 14.0. The Labute approximate surface area is 109 Å². The van der Waals surface area contributed by atoms with Crippen LogP contribution in [0, 0.1) is 5.82 Å². The Bertz CT molecular complexity index is 610. The molecule has 0 aliphatic carbocycles. The van der Waals surface area contributed by atoms with Crippen molar-refractivity contribution in [2.24, 2.45) is 0 Å². The second-order valence-electron chi connectivity index (χ2n) is 4.14. The number of esters is 1. The summed E-state index contributed by atoms with van der Waals surface area (Å²) < 4.78 is 19.6. The van der Waals surface area contributed by atoms with Crippen LogP contribution in [-0.2, 0) is 4.74 Å². The summed E-state index contributed by atoms with van der Waals surface area (Å²) in [5.41, 5.74) is 5.74. The van der Waals surface area contributed by atoms with Gasteiger partial charge in [0.15, 0.2) is 5.82 Å². The van der Waals surface area contributed by atoms with Gasteiger partial charge in [-0.05, 0) is 26.0 Å². The maximum atomic E-state index is 13.6. The summed E-state index contributed by atoms with van der Waals surface area (Å²) in [4.78, 5) is 11.7. The predicted molar refractivity (Wildman–Crippen MR) is 66.3 cm³/mol. The maximum Gasteiger partial charge on any atom is 0.363 e. The summed E-state index contributed by atoms with van der Waals surface area (Å²) >= 11 is 0. The average molecular weight is 264 g/mol. The topological polar surface area (TPSA) is 83.0 Å². The minimum atomic E-state index is -0.685. The van der Waals surface area contributed by atoms with Gasteiger partial charge in [-0.1, -0.05) is 17.3 Å². The van der Waals surface area contributed by atoms with Crippen molar-refractivity contribution in [2.75, 3.05) is 5.73 Å². The molecule has 7 heteroatoms. The number of para-hydroxylation sites is 1. The number of hydrogen-bond donors (Lipinski definition) is 1. The van der Waals surface area contributed by atoms with E-state index < -0.39 is 11.8 Å². The van der Waals surface area contributed by atoms with Crippen LogP contribution in [0.3, 0.4) is 0 Å². The standard InChI is InChI=1S/C12H13FN4O2/c1-7(2)19-12(18)10-11(14)17(16-15-10)9-6-4-3-5-8(9)13/h3-7H,14H2,1-2H3. The molecule has 100 valence electrons. The molecule has 0 saturated heterocycles. The van der Waals surface area contributed by atoms with Gasteiger partial charge in [-0.3, -0.25) is 0 Å². The summed E-state index contributed by atoms with van der Waals surface area (Å²) in [6.07, 6.45) is -0.300. The fourth-order valence-corrected chi connectivity index (χ4v) is 1.51. The van der Waals surface area contributed by atoms with Crippen LogP contribution in [0.2, 0.25) is 0 Å². The van der Waals surface area contributed by atoms with E-state index in [1.54, 1.807) is 26.0 Å². The Hall–Kier alpha value is -2.44. The molecule has 0 bridgehead atoms. The van der Waals surface area contributed by atoms with Gasteiger partial charge in [0.05, 0.1) is 6.10 Å². The molecule has 0 amide bonds. The van der Waals surface area contributed by atoms with Crippen molar-refractivity contribution >= 4 is 11.8 Å². The third-order valence-electron chi connectivity index (χ3n) is 2.32. The van der Waals surface area contributed by atoms with Crippen LogP contribution in [0.1, 0.15) is 24.3 Å². The van der Waals surface area contributed by atoms with Gasteiger partial charge in [-0.25, -0.2) is 9.18 Å². The van der Waals surface area contributed by atoms with E-state index in [2.05, 4.69) is 10.3 Å². The molecule has 2 N–H and O–H groups in total. The second kappa shape index (κ2) is 5.05. The van der Waals surface area contributed by atoms with Gasteiger partial charge in [0, 0.05) is 0 Å². The van der Waals surface area contributed by atoms with Gasteiger partial charge < -0.3 is 10.5 Å². The molecule has 0 aliphatic rings. The molecule has 19 heavy (non-hydrogen) atoms. The Morgan fingerprint density at radius 1 is 1.42 bits per heavy atom. The minimum absolute atomic E-state index is 0.0595. The molecular weight excluding hydrogens is 251 g/mol. The number of benzene rings is 1. The van der Waals surface area contributed by atoms with E-state index in [4.69, 9.17) is 10.5 Å². The van der Waals surface area contributed by atoms with Crippen LogP contribution < -0.4 is 5.73 Å². The SMILES string of the molecule is CC(C)OC(=O)c1nnn(-c2ccccc2F)c1N. The van der Waals surface area contributed by atoms with E-state index in [0.717, 1.165) is 4.68 Å². The Balaban J connectivity index is 2.39. The molecule has 0 saturated carbocycles. The lowest BCUT2D eigenvalue weighted by Crippen LogP contribution is -2.14. The molecule has 0 fully saturated rings. The van der Waals surface area contributed by atoms with Crippen LogP contribution in [0.25, 0.3) is 5.69 Å². The third kappa shape index (κ3) is 2.54. The van der Waals surface area contributed by atoms with Crippen molar-refractivity contribution in [3.8, 4) is 5.69 Å². The number of rotatable bonds is 3. The van der Waals surface area contributed by atoms with Crippen molar-refractivity contribution in [1.82, 2.24) is 15.0 Å². The van der Waals surface area contributed by atoms with E-state index in [1.165, 1.54) is 12.1 Å². The van der Waals surface area contributed by atoms with E-state index >= 15 is 0 Å². The van der Waals surface area contributed by atoms with E-state index in [0.29, 0.717) is 0 Å². The second-order valence-corrected chi connectivity index (χ2v) is 4.14. The highest BCUT2D eigenvalue weighted by Crippen LogP contribution is 2.18. The molecule has 6 nitrogen and oxygen atoms in total. The summed E-state index contributed by atoms with van der Waals surface area (Å²) in [7, 11) is 0. The zero-order valence-electron chi connectivity index (χ0n) is 10.5. The van der Waals surface area contributed by atoms with Crippen molar-refractivity contribution in [3.05, 3.63) is 35.8 Å². The lowest BCUT2D eigenvalue weighted by atomic mass is 10.3. The molecule has 0 unspecified atom stereocenters. The first-order valence-corrected chi connectivity index (χ1v) is 5.67. The van der Waals surface area contributed by atoms with Crippen molar-refractivity contribution in [1.29, 1.82) is 0 Å². The molecule has 0 spiro atoms. The van der Waals surface area contributed by atoms with Crippen LogP contribution in [0.15, 0.2) is 24.3 Å². The molecule has 2 aromatic rings. The Kier molecular flexibility index (Phi) is 3.46. The van der Waals surface area contributed by atoms with E-state index in [-0.39, 0.29) is 23.3 Å². The number of anilines is 1. The molecule has 0 aliphatic heterocycles. The fourth-order valence-electron chi connectivity index (χ4n) is 1.51. The van der Waals surface area contributed by atoms with Crippen LogP contribution in [0.5, 0.6) is 0 Å². The van der Waals surface area contributed by atoms with Gasteiger partial charge >= 0.3 is 5.97 Å². The highest BCUT2D eigenvalue weighted by molar-refractivity contribution is 5.92. The number of nitrogens with zero attached hydrogens (tertiary/aromatic N) is 3. The highest BCUT2D eigenvalue weighted by Gasteiger charge is 2.21. The van der Waals surface area contributed by atoms with Gasteiger partial charge in [0.25, 0.3) is 0 Å². The molecule has 0 atom stereocenters.